The minimum absolute atomic E-state index is 0.0697. The van der Waals surface area contributed by atoms with Crippen molar-refractivity contribution < 1.29 is 40.4 Å². The highest BCUT2D eigenvalue weighted by Crippen LogP contribution is 2.31. The van der Waals surface area contributed by atoms with Crippen molar-refractivity contribution in [3.63, 3.8) is 0 Å². The Hall–Kier alpha value is -2.79. The van der Waals surface area contributed by atoms with Gasteiger partial charge < -0.3 is 14.4 Å². The van der Waals surface area contributed by atoms with E-state index in [4.69, 9.17) is 9.29 Å². The Labute approximate surface area is 170 Å². The van der Waals surface area contributed by atoms with Crippen molar-refractivity contribution in [2.24, 2.45) is 0 Å². The van der Waals surface area contributed by atoms with Crippen LogP contribution >= 0.6 is 0 Å². The summed E-state index contributed by atoms with van der Waals surface area (Å²) in [6.07, 6.45) is -4.71. The zero-order chi connectivity index (χ0) is 21.9. The largest absolute Gasteiger partial charge is 0.573 e. The summed E-state index contributed by atoms with van der Waals surface area (Å²) < 4.78 is 76.9. The van der Waals surface area contributed by atoms with Gasteiger partial charge in [0.1, 0.15) is 18.1 Å². The Morgan fingerprint density at radius 2 is 1.77 bits per heavy atom. The normalized spacial score (nSPS) is 14.7. The van der Waals surface area contributed by atoms with Gasteiger partial charge in [-0.15, -0.1) is 13.2 Å². The predicted octanol–water partition coefficient (Wildman–Crippen LogP) is 3.36. The standard InChI is InChI=1S/C19H18F3NO6S/c20-19(21,22)29-15-5-2-13(3-6-15)14-4-7-17-16(12-14)18(24)23(9-10-28-17)8-1-11-30(25,26)27/h2-7,12H,1,8-11H2,(H,25,26,27). The molecule has 3 rings (SSSR count). The van der Waals surface area contributed by atoms with Crippen LogP contribution in [0.3, 0.4) is 0 Å². The van der Waals surface area contributed by atoms with Gasteiger partial charge in [0.15, 0.2) is 0 Å². The molecule has 7 nitrogen and oxygen atoms in total. The summed E-state index contributed by atoms with van der Waals surface area (Å²) in [6, 6.07) is 10.1. The molecule has 162 valence electrons. The number of hydrogen-bond acceptors (Lipinski definition) is 5. The lowest BCUT2D eigenvalue weighted by molar-refractivity contribution is -0.274. The first-order valence-electron chi connectivity index (χ1n) is 8.89. The van der Waals surface area contributed by atoms with Crippen molar-refractivity contribution in [1.29, 1.82) is 0 Å². The molecular weight excluding hydrogens is 427 g/mol. The Kier molecular flexibility index (Phi) is 6.22. The Morgan fingerprint density at radius 1 is 1.10 bits per heavy atom. The second-order valence-corrected chi connectivity index (χ2v) is 8.14. The molecule has 0 aromatic heterocycles. The highest BCUT2D eigenvalue weighted by molar-refractivity contribution is 7.85. The van der Waals surface area contributed by atoms with Crippen LogP contribution in [0.25, 0.3) is 11.1 Å². The van der Waals surface area contributed by atoms with E-state index in [1.807, 2.05) is 0 Å². The molecule has 0 saturated heterocycles. The molecule has 1 aliphatic rings. The van der Waals surface area contributed by atoms with E-state index in [0.29, 0.717) is 16.9 Å². The van der Waals surface area contributed by atoms with Crippen LogP contribution in [0.4, 0.5) is 13.2 Å². The second kappa shape index (κ2) is 8.52. The van der Waals surface area contributed by atoms with Crippen molar-refractivity contribution in [3.8, 4) is 22.6 Å². The van der Waals surface area contributed by atoms with Gasteiger partial charge in [-0.05, 0) is 41.8 Å². The zero-order valence-electron chi connectivity index (χ0n) is 15.6. The van der Waals surface area contributed by atoms with E-state index < -0.39 is 22.2 Å². The topological polar surface area (TPSA) is 93.1 Å². The zero-order valence-corrected chi connectivity index (χ0v) is 16.4. The first kappa shape index (κ1) is 21.9. The molecule has 1 amide bonds. The first-order chi connectivity index (χ1) is 14.0. The Bertz CT molecular complexity index is 1020. The number of ether oxygens (including phenoxy) is 2. The van der Waals surface area contributed by atoms with Crippen molar-refractivity contribution >= 4 is 16.0 Å². The van der Waals surface area contributed by atoms with E-state index in [0.717, 1.165) is 0 Å². The number of halogens is 3. The molecule has 11 heteroatoms. The van der Waals surface area contributed by atoms with Crippen molar-refractivity contribution in [2.75, 3.05) is 25.4 Å². The van der Waals surface area contributed by atoms with Crippen LogP contribution in [-0.4, -0.2) is 55.6 Å². The van der Waals surface area contributed by atoms with E-state index >= 15 is 0 Å². The Balaban J connectivity index is 1.80. The maximum Gasteiger partial charge on any atom is 0.573 e. The highest BCUT2D eigenvalue weighted by Gasteiger charge is 2.31. The predicted molar refractivity (Wildman–Crippen MR) is 101 cm³/mol. The van der Waals surface area contributed by atoms with Crippen LogP contribution in [0.1, 0.15) is 16.8 Å². The molecule has 1 N–H and O–H groups in total. The van der Waals surface area contributed by atoms with Gasteiger partial charge >= 0.3 is 6.36 Å². The molecule has 0 unspecified atom stereocenters. The van der Waals surface area contributed by atoms with Crippen molar-refractivity contribution in [3.05, 3.63) is 48.0 Å². The molecule has 30 heavy (non-hydrogen) atoms. The van der Waals surface area contributed by atoms with Crippen LogP contribution in [0.5, 0.6) is 11.5 Å². The number of amides is 1. The van der Waals surface area contributed by atoms with Gasteiger partial charge in [0.05, 0.1) is 17.9 Å². The number of nitrogens with zero attached hydrogens (tertiary/aromatic N) is 1. The maximum absolute atomic E-state index is 12.9. The summed E-state index contributed by atoms with van der Waals surface area (Å²) in [5.74, 6) is -0.822. The van der Waals surface area contributed by atoms with Crippen molar-refractivity contribution in [2.45, 2.75) is 12.8 Å². The number of benzene rings is 2. The van der Waals surface area contributed by atoms with Gasteiger partial charge in [-0.25, -0.2) is 0 Å². The molecule has 0 bridgehead atoms. The molecule has 1 heterocycles. The minimum Gasteiger partial charge on any atom is -0.491 e. The molecule has 0 aliphatic carbocycles. The molecule has 0 radical (unpaired) electrons. The molecule has 0 saturated carbocycles. The van der Waals surface area contributed by atoms with Crippen LogP contribution in [0.2, 0.25) is 0 Å². The Morgan fingerprint density at radius 3 is 2.40 bits per heavy atom. The number of carbonyl (C=O) groups excluding carboxylic acids is 1. The summed E-state index contributed by atoms with van der Waals surface area (Å²) in [7, 11) is -4.12. The molecule has 0 atom stereocenters. The van der Waals surface area contributed by atoms with Crippen LogP contribution in [0.15, 0.2) is 42.5 Å². The van der Waals surface area contributed by atoms with Gasteiger partial charge in [-0.1, -0.05) is 18.2 Å². The number of hydrogen-bond donors (Lipinski definition) is 1. The SMILES string of the molecule is O=C1c2cc(-c3ccc(OC(F)(F)F)cc3)ccc2OCCN1CCCS(=O)(=O)O. The number of fused-ring (bicyclic) bond motifs is 1. The van der Waals surface area contributed by atoms with Gasteiger partial charge in [-0.2, -0.15) is 8.42 Å². The molecule has 0 spiro atoms. The summed E-state index contributed by atoms with van der Waals surface area (Å²) in [4.78, 5) is 14.3. The summed E-state index contributed by atoms with van der Waals surface area (Å²) in [5, 5.41) is 0. The van der Waals surface area contributed by atoms with E-state index in [-0.39, 0.29) is 43.3 Å². The van der Waals surface area contributed by atoms with Crippen LogP contribution in [-0.2, 0) is 10.1 Å². The fraction of sp³-hybridized carbons (Fsp3) is 0.316. The van der Waals surface area contributed by atoms with Gasteiger partial charge in [0.2, 0.25) is 0 Å². The second-order valence-electron chi connectivity index (χ2n) is 6.56. The lowest BCUT2D eigenvalue weighted by Crippen LogP contribution is -2.34. The molecule has 2 aromatic rings. The highest BCUT2D eigenvalue weighted by atomic mass is 32.2. The van der Waals surface area contributed by atoms with Gasteiger partial charge in [0, 0.05) is 6.54 Å². The smallest absolute Gasteiger partial charge is 0.491 e. The lowest BCUT2D eigenvalue weighted by Gasteiger charge is -2.19. The van der Waals surface area contributed by atoms with Gasteiger partial charge in [0.25, 0.3) is 16.0 Å². The van der Waals surface area contributed by atoms with Gasteiger partial charge in [-0.3, -0.25) is 9.35 Å². The number of alkyl halides is 3. The first-order valence-corrected chi connectivity index (χ1v) is 10.5. The monoisotopic (exact) mass is 445 g/mol. The van der Waals surface area contributed by atoms with E-state index in [2.05, 4.69) is 4.74 Å². The summed E-state index contributed by atoms with van der Waals surface area (Å²) >= 11 is 0. The fourth-order valence-electron chi connectivity index (χ4n) is 3.04. The fourth-order valence-corrected chi connectivity index (χ4v) is 3.53. The number of carbonyl (C=O) groups is 1. The molecular formula is C19H18F3NO6S. The minimum atomic E-state index is -4.78. The van der Waals surface area contributed by atoms with E-state index in [1.54, 1.807) is 18.2 Å². The molecule has 2 aromatic carbocycles. The molecule has 1 aliphatic heterocycles. The molecule has 0 fully saturated rings. The van der Waals surface area contributed by atoms with Crippen LogP contribution in [0, 0.1) is 0 Å². The van der Waals surface area contributed by atoms with E-state index in [1.165, 1.54) is 29.2 Å². The van der Waals surface area contributed by atoms with Crippen LogP contribution < -0.4 is 9.47 Å². The quantitative estimate of drug-likeness (QED) is 0.686. The van der Waals surface area contributed by atoms with E-state index in [9.17, 15) is 26.4 Å². The lowest BCUT2D eigenvalue weighted by atomic mass is 10.0. The third kappa shape index (κ3) is 5.86. The summed E-state index contributed by atoms with van der Waals surface area (Å²) in [6.45, 7) is 0.584. The third-order valence-corrected chi connectivity index (χ3v) is 5.17. The van der Waals surface area contributed by atoms with Crippen molar-refractivity contribution in [1.82, 2.24) is 4.90 Å². The third-order valence-electron chi connectivity index (χ3n) is 4.37. The average molecular weight is 445 g/mol. The summed E-state index contributed by atoms with van der Waals surface area (Å²) in [5.41, 5.74) is 1.42. The average Bonchev–Trinajstić information content (AvgIpc) is 2.79. The maximum atomic E-state index is 12.9. The number of rotatable bonds is 6.